The van der Waals surface area contributed by atoms with Gasteiger partial charge in [-0.15, -0.1) is 0 Å². The second kappa shape index (κ2) is 6.72. The number of carbonyl (C=O) groups excluding carboxylic acids is 2. The molecule has 1 heterocycles. The highest BCUT2D eigenvalue weighted by atomic mass is 35.5. The van der Waals surface area contributed by atoms with Crippen molar-refractivity contribution < 1.29 is 9.59 Å². The third-order valence-corrected chi connectivity index (χ3v) is 3.58. The molecule has 0 unspecified atom stereocenters. The van der Waals surface area contributed by atoms with Crippen molar-refractivity contribution in [3.63, 3.8) is 0 Å². The third-order valence-electron chi connectivity index (χ3n) is 3.34. The van der Waals surface area contributed by atoms with Crippen LogP contribution in [0.5, 0.6) is 0 Å². The lowest BCUT2D eigenvalue weighted by Crippen LogP contribution is -2.50. The van der Waals surface area contributed by atoms with Gasteiger partial charge in [0.1, 0.15) is 0 Å². The van der Waals surface area contributed by atoms with Crippen LogP contribution in [0.1, 0.15) is 10.4 Å². The van der Waals surface area contributed by atoms with Crippen LogP contribution < -0.4 is 5.32 Å². The Morgan fingerprint density at radius 1 is 1.25 bits per heavy atom. The number of rotatable bonds is 3. The molecule has 0 aromatic heterocycles. The second-order valence-corrected chi connectivity index (χ2v) is 5.31. The molecule has 108 valence electrons. The summed E-state index contributed by atoms with van der Waals surface area (Å²) in [6.45, 7) is 3.18. The van der Waals surface area contributed by atoms with Crippen LogP contribution in [-0.4, -0.2) is 61.4 Å². The van der Waals surface area contributed by atoms with Crippen LogP contribution in [0, 0.1) is 0 Å². The summed E-state index contributed by atoms with van der Waals surface area (Å²) in [4.78, 5) is 27.8. The molecule has 0 atom stereocenters. The Kier molecular flexibility index (Phi) is 4.98. The molecule has 1 aromatic carbocycles. The van der Waals surface area contributed by atoms with Gasteiger partial charge in [0.2, 0.25) is 5.91 Å². The zero-order valence-electron chi connectivity index (χ0n) is 11.4. The molecule has 5 nitrogen and oxygen atoms in total. The summed E-state index contributed by atoms with van der Waals surface area (Å²) in [6.07, 6.45) is 0. The Morgan fingerprint density at radius 2 is 1.95 bits per heavy atom. The van der Waals surface area contributed by atoms with E-state index >= 15 is 0 Å². The Balaban J connectivity index is 1.82. The van der Waals surface area contributed by atoms with E-state index < -0.39 is 0 Å². The zero-order valence-corrected chi connectivity index (χ0v) is 12.2. The summed E-state index contributed by atoms with van der Waals surface area (Å²) in [5.41, 5.74) is 0.462. The van der Waals surface area contributed by atoms with Gasteiger partial charge in [-0.25, -0.2) is 0 Å². The fourth-order valence-corrected chi connectivity index (χ4v) is 2.25. The van der Waals surface area contributed by atoms with Gasteiger partial charge in [-0.3, -0.25) is 9.59 Å². The molecular weight excluding hydrogens is 278 g/mol. The lowest BCUT2D eigenvalue weighted by atomic mass is 10.2. The smallest absolute Gasteiger partial charge is 0.251 e. The maximum absolute atomic E-state index is 12.0. The molecule has 6 heteroatoms. The SMILES string of the molecule is CN1CCN(C(=O)CNC(=O)c2cccc(Cl)c2)CC1. The van der Waals surface area contributed by atoms with Crippen LogP contribution in [-0.2, 0) is 4.79 Å². The highest BCUT2D eigenvalue weighted by Crippen LogP contribution is 2.10. The summed E-state index contributed by atoms with van der Waals surface area (Å²) in [6, 6.07) is 6.66. The number of hydrogen-bond donors (Lipinski definition) is 1. The van der Waals surface area contributed by atoms with Gasteiger partial charge >= 0.3 is 0 Å². The van der Waals surface area contributed by atoms with E-state index in [0.717, 1.165) is 13.1 Å². The molecule has 0 aliphatic carbocycles. The summed E-state index contributed by atoms with van der Waals surface area (Å²) in [5.74, 6) is -0.330. The minimum absolute atomic E-state index is 0.0229. The summed E-state index contributed by atoms with van der Waals surface area (Å²) in [5, 5.41) is 3.13. The maximum Gasteiger partial charge on any atom is 0.251 e. The predicted molar refractivity (Wildman–Crippen MR) is 77.9 cm³/mol. The van der Waals surface area contributed by atoms with Crippen molar-refractivity contribution in [2.45, 2.75) is 0 Å². The van der Waals surface area contributed by atoms with Crippen LogP contribution in [0.25, 0.3) is 0 Å². The van der Waals surface area contributed by atoms with E-state index in [1.165, 1.54) is 0 Å². The molecule has 1 aliphatic heterocycles. The largest absolute Gasteiger partial charge is 0.343 e. The Bertz CT molecular complexity index is 499. The van der Waals surface area contributed by atoms with Gasteiger partial charge in [0.05, 0.1) is 6.54 Å². The number of likely N-dealkylation sites (N-methyl/N-ethyl adjacent to an activating group) is 1. The fourth-order valence-electron chi connectivity index (χ4n) is 2.06. The molecule has 0 bridgehead atoms. The molecule has 1 aromatic rings. The first-order chi connectivity index (χ1) is 9.56. The molecular formula is C14H18ClN3O2. The second-order valence-electron chi connectivity index (χ2n) is 4.88. The molecule has 20 heavy (non-hydrogen) atoms. The van der Waals surface area contributed by atoms with Crippen LogP contribution in [0.3, 0.4) is 0 Å². The number of piperazine rings is 1. The maximum atomic E-state index is 12.0. The third kappa shape index (κ3) is 3.95. The van der Waals surface area contributed by atoms with Crippen molar-refractivity contribution in [1.29, 1.82) is 0 Å². The molecule has 0 spiro atoms. The Morgan fingerprint density at radius 3 is 2.60 bits per heavy atom. The van der Waals surface area contributed by atoms with Crippen molar-refractivity contribution >= 4 is 23.4 Å². The molecule has 2 rings (SSSR count). The minimum atomic E-state index is -0.282. The fraction of sp³-hybridized carbons (Fsp3) is 0.429. The number of benzene rings is 1. The number of carbonyl (C=O) groups is 2. The van der Waals surface area contributed by atoms with E-state index in [0.29, 0.717) is 23.7 Å². The number of halogens is 1. The zero-order chi connectivity index (χ0) is 14.5. The topological polar surface area (TPSA) is 52.6 Å². The lowest BCUT2D eigenvalue weighted by molar-refractivity contribution is -0.131. The van der Waals surface area contributed by atoms with Crippen LogP contribution in [0.2, 0.25) is 5.02 Å². The van der Waals surface area contributed by atoms with Gasteiger partial charge in [0, 0.05) is 36.8 Å². The average molecular weight is 296 g/mol. The average Bonchev–Trinajstić information content (AvgIpc) is 2.45. The predicted octanol–water partition coefficient (Wildman–Crippen LogP) is 0.844. The molecule has 1 fully saturated rings. The van der Waals surface area contributed by atoms with Crippen LogP contribution in [0.15, 0.2) is 24.3 Å². The van der Waals surface area contributed by atoms with Crippen molar-refractivity contribution in [2.24, 2.45) is 0 Å². The first-order valence-corrected chi connectivity index (χ1v) is 6.94. The van der Waals surface area contributed by atoms with Crippen molar-refractivity contribution in [3.05, 3.63) is 34.9 Å². The van der Waals surface area contributed by atoms with Gasteiger partial charge in [0.25, 0.3) is 5.91 Å². The lowest BCUT2D eigenvalue weighted by Gasteiger charge is -2.32. The van der Waals surface area contributed by atoms with Gasteiger partial charge in [-0.1, -0.05) is 17.7 Å². The van der Waals surface area contributed by atoms with Gasteiger partial charge < -0.3 is 15.1 Å². The van der Waals surface area contributed by atoms with Crippen LogP contribution >= 0.6 is 11.6 Å². The first kappa shape index (κ1) is 14.8. The van der Waals surface area contributed by atoms with Gasteiger partial charge in [-0.05, 0) is 25.2 Å². The molecule has 1 aliphatic rings. The standard InChI is InChI=1S/C14H18ClN3O2/c1-17-5-7-18(8-6-17)13(19)10-16-14(20)11-3-2-4-12(15)9-11/h2-4,9H,5-8,10H2,1H3,(H,16,20). The molecule has 0 saturated carbocycles. The Hall–Kier alpha value is -1.59. The van der Waals surface area contributed by atoms with Crippen molar-refractivity contribution in [2.75, 3.05) is 39.8 Å². The van der Waals surface area contributed by atoms with Crippen molar-refractivity contribution in [1.82, 2.24) is 15.1 Å². The quantitative estimate of drug-likeness (QED) is 0.899. The van der Waals surface area contributed by atoms with E-state index in [1.807, 2.05) is 7.05 Å². The summed E-state index contributed by atoms with van der Waals surface area (Å²) in [7, 11) is 2.03. The highest BCUT2D eigenvalue weighted by Gasteiger charge is 2.19. The molecule has 0 radical (unpaired) electrons. The highest BCUT2D eigenvalue weighted by molar-refractivity contribution is 6.30. The van der Waals surface area contributed by atoms with E-state index in [4.69, 9.17) is 11.6 Å². The Labute approximate surface area is 123 Å². The van der Waals surface area contributed by atoms with Crippen LogP contribution in [0.4, 0.5) is 0 Å². The summed E-state index contributed by atoms with van der Waals surface area (Å²) < 4.78 is 0. The molecule has 2 amide bonds. The van der Waals surface area contributed by atoms with Gasteiger partial charge in [0.15, 0.2) is 0 Å². The van der Waals surface area contributed by atoms with E-state index in [9.17, 15) is 9.59 Å². The minimum Gasteiger partial charge on any atom is -0.343 e. The van der Waals surface area contributed by atoms with E-state index in [2.05, 4.69) is 10.2 Å². The van der Waals surface area contributed by atoms with E-state index in [-0.39, 0.29) is 18.4 Å². The molecule has 1 saturated heterocycles. The molecule has 1 N–H and O–H groups in total. The normalized spacial score (nSPS) is 16.0. The number of amides is 2. The number of nitrogens with zero attached hydrogens (tertiary/aromatic N) is 2. The first-order valence-electron chi connectivity index (χ1n) is 6.56. The number of hydrogen-bond acceptors (Lipinski definition) is 3. The summed E-state index contributed by atoms with van der Waals surface area (Å²) >= 11 is 5.83. The number of nitrogens with one attached hydrogen (secondary N) is 1. The van der Waals surface area contributed by atoms with Crippen molar-refractivity contribution in [3.8, 4) is 0 Å². The monoisotopic (exact) mass is 295 g/mol. The van der Waals surface area contributed by atoms with E-state index in [1.54, 1.807) is 29.2 Å². The van der Waals surface area contributed by atoms with Gasteiger partial charge in [-0.2, -0.15) is 0 Å².